The maximum atomic E-state index is 12.3. The molecule has 0 unspecified atom stereocenters. The Balaban J connectivity index is 1.52. The number of benzene rings is 3. The summed E-state index contributed by atoms with van der Waals surface area (Å²) in [6, 6.07) is 21.5. The highest BCUT2D eigenvalue weighted by atomic mass is 16.5. The normalized spacial score (nSPS) is 10.5. The van der Waals surface area contributed by atoms with Crippen molar-refractivity contribution in [3.63, 3.8) is 0 Å². The fourth-order valence-corrected chi connectivity index (χ4v) is 2.80. The number of carbonyl (C=O) groups is 2. The molecule has 6 nitrogen and oxygen atoms in total. The predicted octanol–water partition coefficient (Wildman–Crippen LogP) is 4.71. The first-order valence-corrected chi connectivity index (χ1v) is 9.61. The van der Waals surface area contributed by atoms with Crippen LogP contribution in [-0.4, -0.2) is 26.1 Å². The monoisotopic (exact) mass is 417 g/mol. The quantitative estimate of drug-likeness (QED) is 0.424. The van der Waals surface area contributed by atoms with Crippen LogP contribution in [0.15, 0.2) is 78.9 Å². The first-order valence-electron chi connectivity index (χ1n) is 9.61. The van der Waals surface area contributed by atoms with E-state index in [-0.39, 0.29) is 12.5 Å². The van der Waals surface area contributed by atoms with E-state index in [0.29, 0.717) is 17.1 Å². The summed E-state index contributed by atoms with van der Waals surface area (Å²) in [6.45, 7) is 0.107. The van der Waals surface area contributed by atoms with Gasteiger partial charge in [0.1, 0.15) is 6.61 Å². The van der Waals surface area contributed by atoms with Gasteiger partial charge >= 0.3 is 5.97 Å². The third kappa shape index (κ3) is 6.21. The molecular formula is C25H23NO5. The van der Waals surface area contributed by atoms with E-state index in [1.807, 2.05) is 36.4 Å². The summed E-state index contributed by atoms with van der Waals surface area (Å²) >= 11 is 0. The maximum Gasteiger partial charge on any atom is 0.331 e. The van der Waals surface area contributed by atoms with Gasteiger partial charge in [-0.2, -0.15) is 0 Å². The Morgan fingerprint density at radius 3 is 2.26 bits per heavy atom. The van der Waals surface area contributed by atoms with E-state index in [4.69, 9.17) is 14.2 Å². The number of amides is 1. The standard InChI is InChI=1S/C25H23NO5/c1-29-22-14-10-18(16-23(22)30-2)11-15-24(27)31-17-19-8-12-20(13-9-19)25(28)26-21-6-4-3-5-7-21/h3-16H,17H2,1-2H3,(H,26,28)/b15-11+. The van der Waals surface area contributed by atoms with E-state index in [1.54, 1.807) is 56.7 Å². The Bertz CT molecular complexity index is 1060. The Hall–Kier alpha value is -4.06. The average molecular weight is 417 g/mol. The summed E-state index contributed by atoms with van der Waals surface area (Å²) in [4.78, 5) is 24.3. The number of hydrogen-bond donors (Lipinski definition) is 1. The SMILES string of the molecule is COc1ccc(/C=C/C(=O)OCc2ccc(C(=O)Nc3ccccc3)cc2)cc1OC. The second-order valence-electron chi connectivity index (χ2n) is 6.57. The molecule has 0 radical (unpaired) electrons. The average Bonchev–Trinajstić information content (AvgIpc) is 2.82. The lowest BCUT2D eigenvalue weighted by Crippen LogP contribution is -2.11. The zero-order chi connectivity index (χ0) is 22.1. The predicted molar refractivity (Wildman–Crippen MR) is 119 cm³/mol. The van der Waals surface area contributed by atoms with Crippen molar-refractivity contribution >= 4 is 23.6 Å². The summed E-state index contributed by atoms with van der Waals surface area (Å²) < 4.78 is 15.7. The number of anilines is 1. The molecule has 0 spiro atoms. The summed E-state index contributed by atoms with van der Waals surface area (Å²) in [5, 5.41) is 2.83. The molecule has 3 aromatic carbocycles. The van der Waals surface area contributed by atoms with Crippen molar-refractivity contribution < 1.29 is 23.8 Å². The van der Waals surface area contributed by atoms with Crippen molar-refractivity contribution in [2.24, 2.45) is 0 Å². The number of para-hydroxylation sites is 1. The van der Waals surface area contributed by atoms with Gasteiger partial charge in [0.05, 0.1) is 14.2 Å². The summed E-state index contributed by atoms with van der Waals surface area (Å²) in [6.07, 6.45) is 2.99. The Labute approximate surface area is 181 Å². The van der Waals surface area contributed by atoms with E-state index < -0.39 is 5.97 Å². The van der Waals surface area contributed by atoms with Crippen molar-refractivity contribution in [2.45, 2.75) is 6.61 Å². The van der Waals surface area contributed by atoms with Crippen LogP contribution in [0.25, 0.3) is 6.08 Å². The lowest BCUT2D eigenvalue weighted by atomic mass is 10.1. The minimum absolute atomic E-state index is 0.107. The molecule has 0 aliphatic heterocycles. The molecule has 0 aromatic heterocycles. The molecule has 0 fully saturated rings. The van der Waals surface area contributed by atoms with Gasteiger partial charge in [-0.3, -0.25) is 4.79 Å². The van der Waals surface area contributed by atoms with E-state index in [9.17, 15) is 9.59 Å². The molecule has 0 aliphatic carbocycles. The minimum atomic E-state index is -0.472. The van der Waals surface area contributed by atoms with Crippen LogP contribution in [0.5, 0.6) is 11.5 Å². The number of hydrogen-bond acceptors (Lipinski definition) is 5. The molecule has 0 atom stereocenters. The Morgan fingerprint density at radius 1 is 0.871 bits per heavy atom. The smallest absolute Gasteiger partial charge is 0.331 e. The molecule has 0 saturated carbocycles. The molecule has 0 bridgehead atoms. The third-order valence-electron chi connectivity index (χ3n) is 4.45. The lowest BCUT2D eigenvalue weighted by Gasteiger charge is -2.08. The molecule has 0 aliphatic rings. The molecular weight excluding hydrogens is 394 g/mol. The van der Waals surface area contributed by atoms with Crippen LogP contribution in [0.3, 0.4) is 0 Å². The number of rotatable bonds is 8. The number of methoxy groups -OCH3 is 2. The van der Waals surface area contributed by atoms with Crippen LogP contribution in [0, 0.1) is 0 Å². The number of carbonyl (C=O) groups excluding carboxylic acids is 2. The van der Waals surface area contributed by atoms with Crippen LogP contribution >= 0.6 is 0 Å². The molecule has 31 heavy (non-hydrogen) atoms. The second kappa shape index (κ2) is 10.6. The van der Waals surface area contributed by atoms with E-state index in [2.05, 4.69) is 5.32 Å². The van der Waals surface area contributed by atoms with Crippen molar-refractivity contribution in [3.8, 4) is 11.5 Å². The Kier molecular flexibility index (Phi) is 7.43. The van der Waals surface area contributed by atoms with Gasteiger partial charge in [-0.15, -0.1) is 0 Å². The van der Waals surface area contributed by atoms with Gasteiger partial charge in [-0.05, 0) is 53.6 Å². The van der Waals surface area contributed by atoms with Crippen LogP contribution in [-0.2, 0) is 16.1 Å². The first-order chi connectivity index (χ1) is 15.1. The van der Waals surface area contributed by atoms with Gasteiger partial charge in [-0.25, -0.2) is 4.79 Å². The van der Waals surface area contributed by atoms with Crippen molar-refractivity contribution in [3.05, 3.63) is 95.6 Å². The molecule has 158 valence electrons. The Morgan fingerprint density at radius 2 is 1.58 bits per heavy atom. The molecule has 1 N–H and O–H groups in total. The highest BCUT2D eigenvalue weighted by molar-refractivity contribution is 6.04. The highest BCUT2D eigenvalue weighted by Crippen LogP contribution is 2.28. The molecule has 1 amide bonds. The molecule has 6 heteroatoms. The molecule has 0 saturated heterocycles. The zero-order valence-electron chi connectivity index (χ0n) is 17.3. The van der Waals surface area contributed by atoms with Gasteiger partial charge in [0.15, 0.2) is 11.5 Å². The van der Waals surface area contributed by atoms with Crippen LogP contribution in [0.4, 0.5) is 5.69 Å². The van der Waals surface area contributed by atoms with E-state index in [1.165, 1.54) is 6.08 Å². The molecule has 3 aromatic rings. The van der Waals surface area contributed by atoms with Gasteiger partial charge in [-0.1, -0.05) is 36.4 Å². The number of ether oxygens (including phenoxy) is 3. The second-order valence-corrected chi connectivity index (χ2v) is 6.57. The van der Waals surface area contributed by atoms with Crippen LogP contribution in [0.1, 0.15) is 21.5 Å². The molecule has 0 heterocycles. The van der Waals surface area contributed by atoms with Crippen LogP contribution in [0.2, 0.25) is 0 Å². The van der Waals surface area contributed by atoms with E-state index in [0.717, 1.165) is 16.8 Å². The van der Waals surface area contributed by atoms with Crippen molar-refractivity contribution in [1.29, 1.82) is 0 Å². The minimum Gasteiger partial charge on any atom is -0.493 e. The highest BCUT2D eigenvalue weighted by Gasteiger charge is 2.07. The maximum absolute atomic E-state index is 12.3. The summed E-state index contributed by atoms with van der Waals surface area (Å²) in [7, 11) is 3.11. The van der Waals surface area contributed by atoms with E-state index >= 15 is 0 Å². The first kappa shape index (κ1) is 21.6. The topological polar surface area (TPSA) is 73.9 Å². The van der Waals surface area contributed by atoms with Crippen molar-refractivity contribution in [2.75, 3.05) is 19.5 Å². The van der Waals surface area contributed by atoms with Gasteiger partial charge < -0.3 is 19.5 Å². The zero-order valence-corrected chi connectivity index (χ0v) is 17.3. The van der Waals surface area contributed by atoms with Crippen LogP contribution < -0.4 is 14.8 Å². The van der Waals surface area contributed by atoms with Crippen molar-refractivity contribution in [1.82, 2.24) is 0 Å². The fraction of sp³-hybridized carbons (Fsp3) is 0.120. The van der Waals surface area contributed by atoms with Gasteiger partial charge in [0.25, 0.3) is 5.91 Å². The third-order valence-corrected chi connectivity index (χ3v) is 4.45. The largest absolute Gasteiger partial charge is 0.493 e. The van der Waals surface area contributed by atoms with Gasteiger partial charge in [0, 0.05) is 17.3 Å². The molecule has 3 rings (SSSR count). The summed E-state index contributed by atoms with van der Waals surface area (Å²) in [5.74, 6) is 0.519. The fourth-order valence-electron chi connectivity index (χ4n) is 2.80. The summed E-state index contributed by atoms with van der Waals surface area (Å²) in [5.41, 5.74) is 2.81. The number of esters is 1. The number of nitrogens with one attached hydrogen (secondary N) is 1. The van der Waals surface area contributed by atoms with Gasteiger partial charge in [0.2, 0.25) is 0 Å². The lowest BCUT2D eigenvalue weighted by molar-refractivity contribution is -0.138.